The predicted molar refractivity (Wildman–Crippen MR) is 86.3 cm³/mol. The van der Waals surface area contributed by atoms with E-state index in [1.54, 1.807) is 0 Å². The number of nitrogens with two attached hydrogens (primary N) is 1. The molecule has 0 aliphatic heterocycles. The molecule has 1 aromatic heterocycles. The normalized spacial score (nSPS) is 11.8. The number of aromatic nitrogens is 1. The van der Waals surface area contributed by atoms with Crippen LogP contribution < -0.4 is 5.73 Å². The zero-order chi connectivity index (χ0) is 15.0. The Morgan fingerprint density at radius 1 is 1.00 bits per heavy atom. The van der Waals surface area contributed by atoms with Crippen LogP contribution in [-0.2, 0) is 13.1 Å². The van der Waals surface area contributed by atoms with Crippen molar-refractivity contribution in [2.75, 3.05) is 13.1 Å². The zero-order valence-corrected chi connectivity index (χ0v) is 13.6. The second-order valence-electron chi connectivity index (χ2n) is 6.47. The van der Waals surface area contributed by atoms with Gasteiger partial charge in [-0.3, -0.25) is 9.88 Å². The number of nitrogens with zero attached hydrogens (tertiary/aromatic N) is 2. The smallest absolute Gasteiger partial charge is 0.0547 e. The van der Waals surface area contributed by atoms with Gasteiger partial charge in [0, 0.05) is 13.1 Å². The van der Waals surface area contributed by atoms with Gasteiger partial charge in [-0.05, 0) is 49.9 Å². The van der Waals surface area contributed by atoms with E-state index in [4.69, 9.17) is 5.73 Å². The van der Waals surface area contributed by atoms with Crippen LogP contribution in [0.3, 0.4) is 0 Å². The van der Waals surface area contributed by atoms with Crippen LogP contribution in [0.25, 0.3) is 0 Å². The summed E-state index contributed by atoms with van der Waals surface area (Å²) >= 11 is 0. The summed E-state index contributed by atoms with van der Waals surface area (Å²) in [5.41, 5.74) is 7.79. The third-order valence-electron chi connectivity index (χ3n) is 3.50. The number of pyridine rings is 1. The van der Waals surface area contributed by atoms with E-state index in [1.807, 2.05) is 6.07 Å². The minimum Gasteiger partial charge on any atom is -0.325 e. The number of rotatable bonds is 9. The van der Waals surface area contributed by atoms with Gasteiger partial charge in [0.15, 0.2) is 0 Å². The Hall–Kier alpha value is -0.930. The van der Waals surface area contributed by atoms with Crippen LogP contribution in [0.1, 0.15) is 51.9 Å². The number of hydrogen-bond donors (Lipinski definition) is 1. The van der Waals surface area contributed by atoms with Crippen molar-refractivity contribution in [1.82, 2.24) is 9.88 Å². The molecule has 1 heterocycles. The van der Waals surface area contributed by atoms with Gasteiger partial charge in [-0.25, -0.2) is 0 Å². The zero-order valence-electron chi connectivity index (χ0n) is 13.6. The summed E-state index contributed by atoms with van der Waals surface area (Å²) in [5.74, 6) is 1.50. The fourth-order valence-corrected chi connectivity index (χ4v) is 2.11. The van der Waals surface area contributed by atoms with E-state index in [0.29, 0.717) is 6.54 Å². The lowest BCUT2D eigenvalue weighted by molar-refractivity contribution is 0.233. The molecular weight excluding hydrogens is 246 g/mol. The van der Waals surface area contributed by atoms with Crippen molar-refractivity contribution >= 4 is 0 Å². The molecule has 1 aromatic rings. The highest BCUT2D eigenvalue weighted by Crippen LogP contribution is 2.10. The van der Waals surface area contributed by atoms with E-state index in [9.17, 15) is 0 Å². The van der Waals surface area contributed by atoms with Crippen molar-refractivity contribution in [1.29, 1.82) is 0 Å². The van der Waals surface area contributed by atoms with Gasteiger partial charge in [-0.2, -0.15) is 0 Å². The van der Waals surface area contributed by atoms with Crippen LogP contribution in [0, 0.1) is 11.8 Å². The summed E-state index contributed by atoms with van der Waals surface area (Å²) in [6.07, 6.45) is 2.49. The predicted octanol–water partition coefficient (Wildman–Crippen LogP) is 3.43. The van der Waals surface area contributed by atoms with E-state index < -0.39 is 0 Å². The standard InChI is InChI=1S/C17H31N3/c1-14(2)8-10-20(11-9-15(3)4)13-17-7-5-6-16(12-18)19-17/h5-7,14-15H,8-13,18H2,1-4H3. The maximum atomic E-state index is 5.67. The van der Waals surface area contributed by atoms with Crippen molar-refractivity contribution in [3.63, 3.8) is 0 Å². The molecule has 3 nitrogen and oxygen atoms in total. The Morgan fingerprint density at radius 2 is 1.55 bits per heavy atom. The summed E-state index contributed by atoms with van der Waals surface area (Å²) in [6, 6.07) is 6.17. The second kappa shape index (κ2) is 9.09. The summed E-state index contributed by atoms with van der Waals surface area (Å²) in [7, 11) is 0. The Morgan fingerprint density at radius 3 is 2.05 bits per heavy atom. The number of hydrogen-bond acceptors (Lipinski definition) is 3. The van der Waals surface area contributed by atoms with Crippen LogP contribution in [0.4, 0.5) is 0 Å². The van der Waals surface area contributed by atoms with Gasteiger partial charge in [0.25, 0.3) is 0 Å². The van der Waals surface area contributed by atoms with Crippen molar-refractivity contribution in [2.24, 2.45) is 17.6 Å². The highest BCUT2D eigenvalue weighted by molar-refractivity contribution is 5.11. The molecule has 0 aliphatic rings. The average molecular weight is 277 g/mol. The highest BCUT2D eigenvalue weighted by Gasteiger charge is 2.09. The fourth-order valence-electron chi connectivity index (χ4n) is 2.11. The van der Waals surface area contributed by atoms with Crippen molar-refractivity contribution in [3.05, 3.63) is 29.6 Å². The first kappa shape index (κ1) is 17.1. The van der Waals surface area contributed by atoms with Gasteiger partial charge in [0.1, 0.15) is 0 Å². The van der Waals surface area contributed by atoms with Crippen molar-refractivity contribution < 1.29 is 0 Å². The van der Waals surface area contributed by atoms with Crippen LogP contribution in [0.15, 0.2) is 18.2 Å². The monoisotopic (exact) mass is 277 g/mol. The van der Waals surface area contributed by atoms with Gasteiger partial charge < -0.3 is 5.73 Å². The van der Waals surface area contributed by atoms with Crippen molar-refractivity contribution in [2.45, 2.75) is 53.6 Å². The lowest BCUT2D eigenvalue weighted by Gasteiger charge is -2.24. The largest absolute Gasteiger partial charge is 0.325 e. The minimum atomic E-state index is 0.520. The molecule has 0 radical (unpaired) electrons. The molecule has 0 atom stereocenters. The lowest BCUT2D eigenvalue weighted by Crippen LogP contribution is -2.28. The molecule has 0 aliphatic carbocycles. The molecule has 0 saturated heterocycles. The van der Waals surface area contributed by atoms with E-state index in [2.05, 4.69) is 49.7 Å². The van der Waals surface area contributed by atoms with Crippen LogP contribution in [0.2, 0.25) is 0 Å². The van der Waals surface area contributed by atoms with Gasteiger partial charge >= 0.3 is 0 Å². The van der Waals surface area contributed by atoms with Gasteiger partial charge in [-0.1, -0.05) is 33.8 Å². The van der Waals surface area contributed by atoms with E-state index in [-0.39, 0.29) is 0 Å². The molecule has 2 N–H and O–H groups in total. The summed E-state index contributed by atoms with van der Waals surface area (Å²) < 4.78 is 0. The molecule has 114 valence electrons. The SMILES string of the molecule is CC(C)CCN(CCC(C)C)Cc1cccc(CN)n1. The molecular formula is C17H31N3. The first-order valence-corrected chi connectivity index (χ1v) is 7.88. The van der Waals surface area contributed by atoms with E-state index in [1.165, 1.54) is 12.8 Å². The molecule has 20 heavy (non-hydrogen) atoms. The average Bonchev–Trinajstić information content (AvgIpc) is 2.41. The Labute approximate surface area is 124 Å². The second-order valence-corrected chi connectivity index (χ2v) is 6.47. The highest BCUT2D eigenvalue weighted by atomic mass is 15.1. The van der Waals surface area contributed by atoms with Crippen LogP contribution in [0.5, 0.6) is 0 Å². The summed E-state index contributed by atoms with van der Waals surface area (Å²) in [4.78, 5) is 7.15. The molecule has 0 unspecified atom stereocenters. The van der Waals surface area contributed by atoms with Gasteiger partial charge in [-0.15, -0.1) is 0 Å². The van der Waals surface area contributed by atoms with Gasteiger partial charge in [0.05, 0.1) is 11.4 Å². The third kappa shape index (κ3) is 7.01. The van der Waals surface area contributed by atoms with Crippen molar-refractivity contribution in [3.8, 4) is 0 Å². The van der Waals surface area contributed by atoms with E-state index in [0.717, 1.165) is 42.9 Å². The molecule has 0 aromatic carbocycles. The van der Waals surface area contributed by atoms with Gasteiger partial charge in [0.2, 0.25) is 0 Å². The Kier molecular flexibility index (Phi) is 7.78. The molecule has 1 rings (SSSR count). The molecule has 0 spiro atoms. The first-order chi connectivity index (χ1) is 9.51. The van der Waals surface area contributed by atoms with E-state index >= 15 is 0 Å². The topological polar surface area (TPSA) is 42.1 Å². The molecule has 0 bridgehead atoms. The maximum absolute atomic E-state index is 5.67. The summed E-state index contributed by atoms with van der Waals surface area (Å²) in [6.45, 7) is 12.9. The lowest BCUT2D eigenvalue weighted by atomic mass is 10.1. The molecule has 0 fully saturated rings. The first-order valence-electron chi connectivity index (χ1n) is 7.88. The minimum absolute atomic E-state index is 0.520. The Balaban J connectivity index is 2.61. The Bertz CT molecular complexity index is 362. The summed E-state index contributed by atoms with van der Waals surface area (Å²) in [5, 5.41) is 0. The molecule has 0 saturated carbocycles. The van der Waals surface area contributed by atoms with Crippen LogP contribution in [-0.4, -0.2) is 23.0 Å². The third-order valence-corrected chi connectivity index (χ3v) is 3.50. The molecule has 3 heteroatoms. The van der Waals surface area contributed by atoms with Crippen LogP contribution >= 0.6 is 0 Å². The quantitative estimate of drug-likeness (QED) is 0.752. The fraction of sp³-hybridized carbons (Fsp3) is 0.706. The maximum Gasteiger partial charge on any atom is 0.0547 e. The molecule has 0 amide bonds.